The number of nitrogens with zero attached hydrogens (tertiary/aromatic N) is 2. The minimum atomic E-state index is -0.709. The highest BCUT2D eigenvalue weighted by Crippen LogP contribution is 2.19. The lowest BCUT2D eigenvalue weighted by Gasteiger charge is -2.06. The lowest BCUT2D eigenvalue weighted by Crippen LogP contribution is -2.16. The van der Waals surface area contributed by atoms with Crippen molar-refractivity contribution in [3.63, 3.8) is 0 Å². The number of hydrogen-bond donors (Lipinski definition) is 3. The number of aliphatic hydroxyl groups excluding tert-OH is 2. The van der Waals surface area contributed by atoms with Crippen LogP contribution in [-0.2, 0) is 6.54 Å². The van der Waals surface area contributed by atoms with Crippen LogP contribution >= 0.6 is 11.8 Å². The molecule has 0 bridgehead atoms. The number of rotatable bonds is 7. The maximum atomic E-state index is 9.19. The van der Waals surface area contributed by atoms with E-state index < -0.39 is 6.10 Å². The molecule has 3 N–H and O–H groups in total. The van der Waals surface area contributed by atoms with E-state index in [1.807, 2.05) is 0 Å². The van der Waals surface area contributed by atoms with Crippen LogP contribution in [0.25, 0.3) is 0 Å². The van der Waals surface area contributed by atoms with E-state index in [1.165, 1.54) is 24.6 Å². The van der Waals surface area contributed by atoms with Gasteiger partial charge in [-0.25, -0.2) is 9.97 Å². The first-order valence-electron chi connectivity index (χ1n) is 5.74. The number of hydrogen-bond acceptors (Lipinski definition) is 6. The Morgan fingerprint density at radius 1 is 1.41 bits per heavy atom. The summed E-state index contributed by atoms with van der Waals surface area (Å²) in [5, 5.41) is 21.9. The summed E-state index contributed by atoms with van der Waals surface area (Å²) in [5.41, 5.74) is 1.07. The van der Waals surface area contributed by atoms with Crippen LogP contribution in [0, 0.1) is 0 Å². The zero-order valence-corrected chi connectivity index (χ0v) is 10.4. The van der Waals surface area contributed by atoms with Crippen molar-refractivity contribution in [3.05, 3.63) is 18.0 Å². The van der Waals surface area contributed by atoms with Crippen LogP contribution in [0.5, 0.6) is 0 Å². The fourth-order valence-corrected chi connectivity index (χ4v) is 1.98. The van der Waals surface area contributed by atoms with Gasteiger partial charge >= 0.3 is 0 Å². The summed E-state index contributed by atoms with van der Waals surface area (Å²) in [4.78, 5) is 8.40. The van der Waals surface area contributed by atoms with Crippen LogP contribution in [-0.4, -0.2) is 44.7 Å². The zero-order valence-electron chi connectivity index (χ0n) is 9.54. The summed E-state index contributed by atoms with van der Waals surface area (Å²) < 4.78 is 0. The van der Waals surface area contributed by atoms with Crippen LogP contribution in [0.4, 0.5) is 0 Å². The van der Waals surface area contributed by atoms with Gasteiger partial charge in [0.05, 0.1) is 12.7 Å². The second-order valence-electron chi connectivity index (χ2n) is 4.18. The lowest BCUT2D eigenvalue weighted by atomic mass is 10.3. The van der Waals surface area contributed by atoms with Crippen molar-refractivity contribution in [2.24, 2.45) is 0 Å². The quantitative estimate of drug-likeness (QED) is 0.476. The number of nitrogens with one attached hydrogen (secondary N) is 1. The predicted molar refractivity (Wildman–Crippen MR) is 65.7 cm³/mol. The lowest BCUT2D eigenvalue weighted by molar-refractivity contribution is 0.113. The van der Waals surface area contributed by atoms with Gasteiger partial charge in [0.2, 0.25) is 0 Å². The maximum Gasteiger partial charge on any atom is 0.187 e. The second kappa shape index (κ2) is 6.30. The van der Waals surface area contributed by atoms with Gasteiger partial charge in [-0.15, -0.1) is 0 Å². The van der Waals surface area contributed by atoms with E-state index in [-0.39, 0.29) is 6.61 Å². The molecule has 1 fully saturated rings. The van der Waals surface area contributed by atoms with Crippen molar-refractivity contribution < 1.29 is 10.2 Å². The molecule has 1 aromatic rings. The smallest absolute Gasteiger partial charge is 0.187 e. The molecule has 1 atom stereocenters. The van der Waals surface area contributed by atoms with Gasteiger partial charge in [-0.3, -0.25) is 0 Å². The Bertz CT molecular complexity index is 343. The predicted octanol–water partition coefficient (Wildman–Crippen LogP) is 0.174. The summed E-state index contributed by atoms with van der Waals surface area (Å²) in [5.74, 6) is 0.413. The van der Waals surface area contributed by atoms with Gasteiger partial charge in [-0.05, 0) is 12.8 Å². The molecule has 1 heterocycles. The molecule has 17 heavy (non-hydrogen) atoms. The molecular formula is C11H17N3O2S. The van der Waals surface area contributed by atoms with Gasteiger partial charge in [0.15, 0.2) is 5.16 Å². The van der Waals surface area contributed by atoms with E-state index in [0.717, 1.165) is 12.1 Å². The summed E-state index contributed by atoms with van der Waals surface area (Å²) in [6, 6.07) is 0.684. The molecule has 0 radical (unpaired) electrons. The first-order chi connectivity index (χ1) is 8.28. The van der Waals surface area contributed by atoms with E-state index >= 15 is 0 Å². The van der Waals surface area contributed by atoms with E-state index in [0.29, 0.717) is 17.0 Å². The number of aromatic nitrogens is 2. The van der Waals surface area contributed by atoms with Gasteiger partial charge in [-0.2, -0.15) is 0 Å². The minimum absolute atomic E-state index is 0.226. The van der Waals surface area contributed by atoms with Crippen LogP contribution in [0.1, 0.15) is 18.4 Å². The first-order valence-corrected chi connectivity index (χ1v) is 6.72. The highest BCUT2D eigenvalue weighted by molar-refractivity contribution is 7.99. The summed E-state index contributed by atoms with van der Waals surface area (Å²) in [7, 11) is 0. The SMILES string of the molecule is OCC(O)CSc1ncc(CNC2CC2)cn1. The van der Waals surface area contributed by atoms with Gasteiger partial charge < -0.3 is 15.5 Å². The third-order valence-corrected chi connectivity index (χ3v) is 3.49. The van der Waals surface area contributed by atoms with Crippen LogP contribution < -0.4 is 5.32 Å². The van der Waals surface area contributed by atoms with E-state index in [1.54, 1.807) is 12.4 Å². The zero-order chi connectivity index (χ0) is 12.1. The van der Waals surface area contributed by atoms with Crippen molar-refractivity contribution in [3.8, 4) is 0 Å². The molecule has 1 aliphatic rings. The first kappa shape index (κ1) is 12.8. The van der Waals surface area contributed by atoms with Gasteiger partial charge in [0, 0.05) is 36.3 Å². The molecule has 94 valence electrons. The number of thioether (sulfide) groups is 1. The van der Waals surface area contributed by atoms with Crippen molar-refractivity contribution in [1.82, 2.24) is 15.3 Å². The van der Waals surface area contributed by atoms with E-state index in [9.17, 15) is 5.11 Å². The average Bonchev–Trinajstić information content (AvgIpc) is 3.18. The Morgan fingerprint density at radius 2 is 2.12 bits per heavy atom. The monoisotopic (exact) mass is 255 g/mol. The fraction of sp³-hybridized carbons (Fsp3) is 0.636. The summed E-state index contributed by atoms with van der Waals surface area (Å²) in [6.45, 7) is 0.589. The molecule has 2 rings (SSSR count). The van der Waals surface area contributed by atoms with Gasteiger partial charge in [0.25, 0.3) is 0 Å². The van der Waals surface area contributed by atoms with Gasteiger partial charge in [0.1, 0.15) is 0 Å². The molecule has 0 spiro atoms. The number of aliphatic hydroxyl groups is 2. The highest BCUT2D eigenvalue weighted by atomic mass is 32.2. The maximum absolute atomic E-state index is 9.19. The molecular weight excluding hydrogens is 238 g/mol. The normalized spacial score (nSPS) is 17.1. The molecule has 0 amide bonds. The Balaban J connectivity index is 1.75. The molecule has 5 nitrogen and oxygen atoms in total. The second-order valence-corrected chi connectivity index (χ2v) is 5.16. The van der Waals surface area contributed by atoms with Crippen molar-refractivity contribution in [2.45, 2.75) is 36.7 Å². The van der Waals surface area contributed by atoms with E-state index in [2.05, 4.69) is 15.3 Å². The summed E-state index contributed by atoms with van der Waals surface area (Å²) in [6.07, 6.45) is 5.44. The standard InChI is InChI=1S/C11H17N3O2S/c15-6-10(16)7-17-11-13-4-8(5-14-11)3-12-9-1-2-9/h4-5,9-10,12,15-16H,1-3,6-7H2. The minimum Gasteiger partial charge on any atom is -0.394 e. The third-order valence-electron chi connectivity index (χ3n) is 2.47. The Morgan fingerprint density at radius 3 is 2.71 bits per heavy atom. The van der Waals surface area contributed by atoms with Crippen molar-refractivity contribution >= 4 is 11.8 Å². The average molecular weight is 255 g/mol. The molecule has 1 aromatic heterocycles. The Hall–Kier alpha value is -0.690. The van der Waals surface area contributed by atoms with E-state index in [4.69, 9.17) is 5.11 Å². The molecule has 0 saturated heterocycles. The molecule has 6 heteroatoms. The van der Waals surface area contributed by atoms with Crippen LogP contribution in [0.2, 0.25) is 0 Å². The summed E-state index contributed by atoms with van der Waals surface area (Å²) >= 11 is 1.35. The fourth-order valence-electron chi connectivity index (χ4n) is 1.28. The van der Waals surface area contributed by atoms with Crippen molar-refractivity contribution in [2.75, 3.05) is 12.4 Å². The third kappa shape index (κ3) is 4.59. The van der Waals surface area contributed by atoms with Crippen LogP contribution in [0.15, 0.2) is 17.6 Å². The molecule has 1 saturated carbocycles. The van der Waals surface area contributed by atoms with Gasteiger partial charge in [-0.1, -0.05) is 11.8 Å². The molecule has 0 aromatic carbocycles. The Labute approximate surface area is 105 Å². The Kier molecular flexibility index (Phi) is 4.73. The van der Waals surface area contributed by atoms with Crippen LogP contribution in [0.3, 0.4) is 0 Å². The molecule has 0 aliphatic heterocycles. The molecule has 1 unspecified atom stereocenters. The largest absolute Gasteiger partial charge is 0.394 e. The highest BCUT2D eigenvalue weighted by Gasteiger charge is 2.19. The van der Waals surface area contributed by atoms with Crippen molar-refractivity contribution in [1.29, 1.82) is 0 Å². The molecule has 1 aliphatic carbocycles. The topological polar surface area (TPSA) is 78.3 Å².